The molecule has 1 saturated heterocycles. The summed E-state index contributed by atoms with van der Waals surface area (Å²) in [6.45, 7) is 3.73. The molecule has 2 nitrogen and oxygen atoms in total. The zero-order valence-electron chi connectivity index (χ0n) is 10.7. The van der Waals surface area contributed by atoms with Crippen LogP contribution < -0.4 is 5.32 Å². The third-order valence-corrected chi connectivity index (χ3v) is 5.29. The molecular formula is C15H16BrNOS. The monoisotopic (exact) mass is 337 g/mol. The van der Waals surface area contributed by atoms with Crippen molar-refractivity contribution in [3.63, 3.8) is 0 Å². The van der Waals surface area contributed by atoms with Crippen molar-refractivity contribution in [2.45, 2.75) is 18.6 Å². The number of nitrogens with one attached hydrogen (secondary N) is 1. The lowest BCUT2D eigenvalue weighted by molar-refractivity contribution is -0.0290. The van der Waals surface area contributed by atoms with Crippen LogP contribution in [-0.2, 0) is 10.3 Å². The van der Waals surface area contributed by atoms with Gasteiger partial charge in [0.15, 0.2) is 0 Å². The van der Waals surface area contributed by atoms with Crippen LogP contribution in [0.15, 0.2) is 46.3 Å². The molecule has 0 spiro atoms. The second-order valence-corrected chi connectivity index (χ2v) is 7.52. The Kier molecular flexibility index (Phi) is 3.76. The third kappa shape index (κ3) is 2.77. The average molecular weight is 338 g/mol. The van der Waals surface area contributed by atoms with E-state index < -0.39 is 0 Å². The van der Waals surface area contributed by atoms with Crippen LogP contribution in [0.5, 0.6) is 0 Å². The summed E-state index contributed by atoms with van der Waals surface area (Å²) in [5, 5.41) is 3.64. The fourth-order valence-corrected chi connectivity index (χ4v) is 3.84. The van der Waals surface area contributed by atoms with Crippen LogP contribution in [0.3, 0.4) is 0 Å². The van der Waals surface area contributed by atoms with Gasteiger partial charge in [0, 0.05) is 11.4 Å². The largest absolute Gasteiger partial charge is 0.369 e. The Morgan fingerprint density at radius 1 is 1.26 bits per heavy atom. The van der Waals surface area contributed by atoms with E-state index in [1.165, 1.54) is 10.4 Å². The molecule has 2 atom stereocenters. The number of morpholine rings is 1. The SMILES string of the molecule is CC1(c2ccccc2)COC(c2ccc(Br)s2)CN1. The molecular weight excluding hydrogens is 322 g/mol. The lowest BCUT2D eigenvalue weighted by Gasteiger charge is -2.38. The van der Waals surface area contributed by atoms with Gasteiger partial charge in [0.2, 0.25) is 0 Å². The van der Waals surface area contributed by atoms with E-state index in [4.69, 9.17) is 4.74 Å². The Balaban J connectivity index is 1.72. The predicted octanol–water partition coefficient (Wildman–Crippen LogP) is 4.09. The average Bonchev–Trinajstić information content (AvgIpc) is 2.87. The van der Waals surface area contributed by atoms with Gasteiger partial charge in [-0.2, -0.15) is 0 Å². The lowest BCUT2D eigenvalue weighted by atomic mass is 9.91. The minimum absolute atomic E-state index is 0.0910. The first-order chi connectivity index (χ1) is 9.17. The molecule has 1 aliphatic rings. The summed E-state index contributed by atoms with van der Waals surface area (Å²) in [6.07, 6.45) is 0.160. The van der Waals surface area contributed by atoms with Gasteiger partial charge in [0.25, 0.3) is 0 Å². The summed E-state index contributed by atoms with van der Waals surface area (Å²) >= 11 is 5.24. The molecule has 0 bridgehead atoms. The molecule has 1 fully saturated rings. The Labute approximate surface area is 125 Å². The number of benzene rings is 1. The Hall–Kier alpha value is -0.680. The Morgan fingerprint density at radius 3 is 2.63 bits per heavy atom. The van der Waals surface area contributed by atoms with E-state index in [1.807, 2.05) is 6.07 Å². The van der Waals surface area contributed by atoms with Gasteiger partial charge in [0.05, 0.1) is 15.9 Å². The molecule has 1 N–H and O–H groups in total. The van der Waals surface area contributed by atoms with Crippen LogP contribution in [0.25, 0.3) is 0 Å². The fourth-order valence-electron chi connectivity index (χ4n) is 2.37. The van der Waals surface area contributed by atoms with E-state index in [-0.39, 0.29) is 11.6 Å². The van der Waals surface area contributed by atoms with E-state index in [0.29, 0.717) is 6.61 Å². The molecule has 2 heterocycles. The molecule has 2 aromatic rings. The summed E-state index contributed by atoms with van der Waals surface area (Å²) in [5.41, 5.74) is 1.19. The van der Waals surface area contributed by atoms with Crippen LogP contribution in [0, 0.1) is 0 Å². The van der Waals surface area contributed by atoms with Crippen LogP contribution in [0.1, 0.15) is 23.5 Å². The number of hydrogen-bond acceptors (Lipinski definition) is 3. The fraction of sp³-hybridized carbons (Fsp3) is 0.333. The zero-order valence-corrected chi connectivity index (χ0v) is 13.1. The van der Waals surface area contributed by atoms with Crippen molar-refractivity contribution >= 4 is 27.3 Å². The standard InChI is InChI=1S/C15H16BrNOS/c1-15(11-5-3-2-4-6-11)10-18-12(9-17-15)13-7-8-14(16)19-13/h2-8,12,17H,9-10H2,1H3. The third-order valence-electron chi connectivity index (χ3n) is 3.57. The second kappa shape index (κ2) is 5.37. The van der Waals surface area contributed by atoms with E-state index >= 15 is 0 Å². The maximum atomic E-state index is 6.07. The molecule has 1 aromatic heterocycles. The molecule has 2 unspecified atom stereocenters. The minimum Gasteiger partial charge on any atom is -0.369 e. The summed E-state index contributed by atoms with van der Waals surface area (Å²) < 4.78 is 7.23. The van der Waals surface area contributed by atoms with Crippen LogP contribution in [0.2, 0.25) is 0 Å². The summed E-state index contributed by atoms with van der Waals surface area (Å²) in [5.74, 6) is 0. The molecule has 0 amide bonds. The van der Waals surface area contributed by atoms with Crippen molar-refractivity contribution in [3.05, 3.63) is 56.7 Å². The van der Waals surface area contributed by atoms with Crippen molar-refractivity contribution in [2.75, 3.05) is 13.2 Å². The molecule has 19 heavy (non-hydrogen) atoms. The van der Waals surface area contributed by atoms with Crippen molar-refractivity contribution in [1.29, 1.82) is 0 Å². The van der Waals surface area contributed by atoms with Crippen molar-refractivity contribution < 1.29 is 4.74 Å². The molecule has 1 aromatic carbocycles. The van der Waals surface area contributed by atoms with Gasteiger partial charge in [-0.25, -0.2) is 0 Å². The van der Waals surface area contributed by atoms with Gasteiger partial charge in [-0.05, 0) is 40.5 Å². The second-order valence-electron chi connectivity index (χ2n) is 5.02. The van der Waals surface area contributed by atoms with Gasteiger partial charge in [-0.1, -0.05) is 30.3 Å². The van der Waals surface area contributed by atoms with E-state index in [1.54, 1.807) is 11.3 Å². The van der Waals surface area contributed by atoms with Crippen LogP contribution >= 0.6 is 27.3 Å². The molecule has 4 heteroatoms. The summed E-state index contributed by atoms with van der Waals surface area (Å²) in [4.78, 5) is 1.27. The summed E-state index contributed by atoms with van der Waals surface area (Å²) in [6, 6.07) is 14.7. The van der Waals surface area contributed by atoms with Crippen molar-refractivity contribution in [1.82, 2.24) is 5.32 Å². The quantitative estimate of drug-likeness (QED) is 0.891. The molecule has 0 radical (unpaired) electrons. The minimum atomic E-state index is -0.0910. The predicted molar refractivity (Wildman–Crippen MR) is 82.5 cm³/mol. The number of halogens is 1. The summed E-state index contributed by atoms with van der Waals surface area (Å²) in [7, 11) is 0. The molecule has 3 rings (SSSR count). The number of rotatable bonds is 2. The van der Waals surface area contributed by atoms with Gasteiger partial charge < -0.3 is 10.1 Å². The highest BCUT2D eigenvalue weighted by atomic mass is 79.9. The highest BCUT2D eigenvalue weighted by Crippen LogP contribution is 2.34. The molecule has 100 valence electrons. The van der Waals surface area contributed by atoms with Gasteiger partial charge >= 0.3 is 0 Å². The zero-order chi connectivity index (χ0) is 13.3. The van der Waals surface area contributed by atoms with Crippen molar-refractivity contribution in [3.8, 4) is 0 Å². The first kappa shape index (κ1) is 13.3. The highest BCUT2D eigenvalue weighted by Gasteiger charge is 2.33. The number of ether oxygens (including phenoxy) is 1. The number of hydrogen-bond donors (Lipinski definition) is 1. The first-order valence-corrected chi connectivity index (χ1v) is 7.96. The maximum absolute atomic E-state index is 6.07. The Morgan fingerprint density at radius 2 is 2.05 bits per heavy atom. The van der Waals surface area contributed by atoms with Crippen molar-refractivity contribution in [2.24, 2.45) is 0 Å². The van der Waals surface area contributed by atoms with Gasteiger partial charge in [-0.3, -0.25) is 0 Å². The normalized spacial score (nSPS) is 27.4. The van der Waals surface area contributed by atoms with E-state index in [9.17, 15) is 0 Å². The molecule has 0 aliphatic carbocycles. The Bertz CT molecular complexity index is 546. The topological polar surface area (TPSA) is 21.3 Å². The van der Waals surface area contributed by atoms with Gasteiger partial charge in [-0.15, -0.1) is 11.3 Å². The van der Waals surface area contributed by atoms with Gasteiger partial charge in [0.1, 0.15) is 6.10 Å². The lowest BCUT2D eigenvalue weighted by Crippen LogP contribution is -2.50. The smallest absolute Gasteiger partial charge is 0.104 e. The van der Waals surface area contributed by atoms with E-state index in [0.717, 1.165) is 10.3 Å². The van der Waals surface area contributed by atoms with Crippen LogP contribution in [0.4, 0.5) is 0 Å². The van der Waals surface area contributed by atoms with Crippen LogP contribution in [-0.4, -0.2) is 13.2 Å². The molecule has 0 saturated carbocycles. The van der Waals surface area contributed by atoms with E-state index in [2.05, 4.69) is 64.6 Å². The maximum Gasteiger partial charge on any atom is 0.104 e. The first-order valence-electron chi connectivity index (χ1n) is 6.35. The highest BCUT2D eigenvalue weighted by molar-refractivity contribution is 9.11. The number of thiophene rings is 1. The molecule has 1 aliphatic heterocycles.